The van der Waals surface area contributed by atoms with Crippen LogP contribution in [0.3, 0.4) is 0 Å². The highest BCUT2D eigenvalue weighted by molar-refractivity contribution is 9.10. The van der Waals surface area contributed by atoms with Crippen LogP contribution in [0.15, 0.2) is 71.3 Å². The standard InChI is InChI=1S/C30H28BrN3O5/c1-37-27-11-17(12-28(38-2)29(27)39-3)26-14-23(21-6-4-5-7-25(21)34-26)30(36)33-20(16-35)10-18-15-32-24-9-8-19(31)13-22(18)24/h4-9,11-15,20,32,35H,10,16H2,1-3H3,(H,33,36)/t20-/m1/s1. The van der Waals surface area contributed by atoms with E-state index in [0.717, 1.165) is 20.9 Å². The van der Waals surface area contributed by atoms with Gasteiger partial charge in [0.15, 0.2) is 11.5 Å². The Morgan fingerprint density at radius 2 is 1.74 bits per heavy atom. The van der Waals surface area contributed by atoms with E-state index in [0.29, 0.717) is 51.4 Å². The van der Waals surface area contributed by atoms with E-state index >= 15 is 0 Å². The van der Waals surface area contributed by atoms with Gasteiger partial charge < -0.3 is 29.6 Å². The molecule has 0 spiro atoms. The molecule has 8 nitrogen and oxygen atoms in total. The number of nitrogens with zero attached hydrogens (tertiary/aromatic N) is 1. The fraction of sp³-hybridized carbons (Fsp3) is 0.200. The number of aliphatic hydroxyl groups is 1. The minimum Gasteiger partial charge on any atom is -0.493 e. The van der Waals surface area contributed by atoms with E-state index in [1.807, 2.05) is 48.7 Å². The lowest BCUT2D eigenvalue weighted by Gasteiger charge is -2.18. The Bertz CT molecular complexity index is 1640. The van der Waals surface area contributed by atoms with Crippen molar-refractivity contribution in [3.05, 3.63) is 82.5 Å². The minimum absolute atomic E-state index is 0.213. The van der Waals surface area contributed by atoms with Crippen molar-refractivity contribution in [1.29, 1.82) is 0 Å². The molecule has 9 heteroatoms. The van der Waals surface area contributed by atoms with E-state index in [9.17, 15) is 9.90 Å². The number of rotatable bonds is 9. The first-order valence-electron chi connectivity index (χ1n) is 12.3. The van der Waals surface area contributed by atoms with Gasteiger partial charge in [0.05, 0.1) is 50.8 Å². The number of hydrogen-bond donors (Lipinski definition) is 3. The number of carbonyl (C=O) groups is 1. The lowest BCUT2D eigenvalue weighted by molar-refractivity contribution is 0.0918. The zero-order valence-corrected chi connectivity index (χ0v) is 23.3. The Kier molecular flexibility index (Phi) is 7.72. The zero-order chi connectivity index (χ0) is 27.5. The first-order valence-corrected chi connectivity index (χ1v) is 13.1. The molecule has 2 aromatic heterocycles. The third-order valence-electron chi connectivity index (χ3n) is 6.67. The molecule has 0 aliphatic carbocycles. The SMILES string of the molecule is COc1cc(-c2cc(C(=O)N[C@@H](CO)Cc3c[nH]c4ccc(Br)cc34)c3ccccc3n2)cc(OC)c1OC. The molecule has 39 heavy (non-hydrogen) atoms. The van der Waals surface area contributed by atoms with Gasteiger partial charge in [-0.1, -0.05) is 34.1 Å². The molecule has 0 saturated heterocycles. The zero-order valence-electron chi connectivity index (χ0n) is 21.7. The third kappa shape index (κ3) is 5.28. The van der Waals surface area contributed by atoms with Crippen molar-refractivity contribution in [2.75, 3.05) is 27.9 Å². The molecule has 0 bridgehead atoms. The monoisotopic (exact) mass is 589 g/mol. The Balaban J connectivity index is 1.51. The molecule has 5 aromatic rings. The highest BCUT2D eigenvalue weighted by Crippen LogP contribution is 2.41. The van der Waals surface area contributed by atoms with Gasteiger partial charge in [-0.05, 0) is 54.4 Å². The summed E-state index contributed by atoms with van der Waals surface area (Å²) in [7, 11) is 4.65. The van der Waals surface area contributed by atoms with Crippen LogP contribution in [0.4, 0.5) is 0 Å². The lowest BCUT2D eigenvalue weighted by atomic mass is 10.0. The van der Waals surface area contributed by atoms with Crippen molar-refractivity contribution in [3.63, 3.8) is 0 Å². The van der Waals surface area contributed by atoms with Crippen molar-refractivity contribution in [1.82, 2.24) is 15.3 Å². The maximum absolute atomic E-state index is 13.7. The van der Waals surface area contributed by atoms with Crippen LogP contribution >= 0.6 is 15.9 Å². The average Bonchev–Trinajstić information content (AvgIpc) is 3.36. The molecule has 3 N–H and O–H groups in total. The molecule has 1 amide bonds. The number of fused-ring (bicyclic) bond motifs is 2. The largest absolute Gasteiger partial charge is 0.493 e. The van der Waals surface area contributed by atoms with Crippen LogP contribution < -0.4 is 19.5 Å². The smallest absolute Gasteiger partial charge is 0.252 e. The Morgan fingerprint density at radius 3 is 2.44 bits per heavy atom. The number of benzene rings is 3. The summed E-state index contributed by atoms with van der Waals surface area (Å²) in [5, 5.41) is 14.9. The third-order valence-corrected chi connectivity index (χ3v) is 7.17. The van der Waals surface area contributed by atoms with Crippen molar-refractivity contribution in [3.8, 4) is 28.5 Å². The van der Waals surface area contributed by atoms with Gasteiger partial charge in [0.1, 0.15) is 0 Å². The van der Waals surface area contributed by atoms with Crippen molar-refractivity contribution in [2.45, 2.75) is 12.5 Å². The summed E-state index contributed by atoms with van der Waals surface area (Å²) in [5.74, 6) is 1.14. The lowest BCUT2D eigenvalue weighted by Crippen LogP contribution is -2.39. The number of halogens is 1. The summed E-state index contributed by atoms with van der Waals surface area (Å²) in [4.78, 5) is 21.7. The van der Waals surface area contributed by atoms with E-state index in [1.165, 1.54) is 0 Å². The maximum atomic E-state index is 13.7. The average molecular weight is 590 g/mol. The quantitative estimate of drug-likeness (QED) is 0.209. The van der Waals surface area contributed by atoms with Crippen molar-refractivity contribution < 1.29 is 24.1 Å². The molecule has 2 heterocycles. The summed E-state index contributed by atoms with van der Waals surface area (Å²) in [6.07, 6.45) is 2.37. The Hall–Kier alpha value is -4.08. The molecule has 3 aromatic carbocycles. The van der Waals surface area contributed by atoms with Crippen LogP contribution in [0, 0.1) is 0 Å². The Labute approximate surface area is 234 Å². The summed E-state index contributed by atoms with van der Waals surface area (Å²) in [6.45, 7) is -0.213. The normalized spacial score (nSPS) is 11.9. The summed E-state index contributed by atoms with van der Waals surface area (Å²) >= 11 is 3.52. The van der Waals surface area contributed by atoms with Gasteiger partial charge in [-0.3, -0.25) is 4.79 Å². The van der Waals surface area contributed by atoms with E-state index in [4.69, 9.17) is 19.2 Å². The maximum Gasteiger partial charge on any atom is 0.252 e. The summed E-state index contributed by atoms with van der Waals surface area (Å²) < 4.78 is 17.4. The van der Waals surface area contributed by atoms with E-state index < -0.39 is 6.04 Å². The van der Waals surface area contributed by atoms with Crippen molar-refractivity contribution in [2.24, 2.45) is 0 Å². The van der Waals surface area contributed by atoms with Crippen LogP contribution in [0.25, 0.3) is 33.1 Å². The fourth-order valence-corrected chi connectivity index (χ4v) is 5.11. The van der Waals surface area contributed by atoms with Gasteiger partial charge >= 0.3 is 0 Å². The van der Waals surface area contributed by atoms with E-state index in [1.54, 1.807) is 39.5 Å². The predicted molar refractivity (Wildman–Crippen MR) is 155 cm³/mol. The van der Waals surface area contributed by atoms with Crippen LogP contribution in [0.2, 0.25) is 0 Å². The van der Waals surface area contributed by atoms with Crippen LogP contribution in [0.5, 0.6) is 17.2 Å². The number of aromatic amines is 1. The van der Waals surface area contributed by atoms with Gasteiger partial charge in [0.25, 0.3) is 5.91 Å². The number of amides is 1. The molecule has 0 unspecified atom stereocenters. The molecule has 0 fully saturated rings. The van der Waals surface area contributed by atoms with Crippen LogP contribution in [-0.4, -0.2) is 55.0 Å². The van der Waals surface area contributed by atoms with Crippen molar-refractivity contribution >= 4 is 43.6 Å². The number of pyridine rings is 1. The number of aliphatic hydroxyl groups excluding tert-OH is 1. The molecule has 0 saturated carbocycles. The van der Waals surface area contributed by atoms with Gasteiger partial charge in [0.2, 0.25) is 5.75 Å². The number of aromatic nitrogens is 2. The number of carbonyl (C=O) groups excluding carboxylic acids is 1. The molecule has 1 atom stereocenters. The molecule has 0 aliphatic heterocycles. The number of nitrogens with one attached hydrogen (secondary N) is 2. The number of hydrogen-bond acceptors (Lipinski definition) is 6. The second-order valence-electron chi connectivity index (χ2n) is 9.05. The molecular formula is C30H28BrN3O5. The van der Waals surface area contributed by atoms with E-state index in [-0.39, 0.29) is 12.5 Å². The summed E-state index contributed by atoms with van der Waals surface area (Å²) in [6, 6.07) is 18.3. The number of para-hydroxylation sites is 1. The second kappa shape index (κ2) is 11.3. The molecule has 0 radical (unpaired) electrons. The highest BCUT2D eigenvalue weighted by atomic mass is 79.9. The predicted octanol–water partition coefficient (Wildman–Crippen LogP) is 5.50. The first kappa shape index (κ1) is 26.5. The second-order valence-corrected chi connectivity index (χ2v) is 9.96. The Morgan fingerprint density at radius 1 is 1.00 bits per heavy atom. The molecule has 0 aliphatic rings. The van der Waals surface area contributed by atoms with Gasteiger partial charge in [-0.2, -0.15) is 0 Å². The molecule has 5 rings (SSSR count). The molecular weight excluding hydrogens is 562 g/mol. The summed E-state index contributed by atoms with van der Waals surface area (Å²) in [5.41, 5.74) is 4.38. The number of ether oxygens (including phenoxy) is 3. The highest BCUT2D eigenvalue weighted by Gasteiger charge is 2.21. The fourth-order valence-electron chi connectivity index (χ4n) is 4.75. The minimum atomic E-state index is -0.493. The van der Waals surface area contributed by atoms with E-state index in [2.05, 4.69) is 26.2 Å². The van der Waals surface area contributed by atoms with Crippen LogP contribution in [-0.2, 0) is 6.42 Å². The van der Waals surface area contributed by atoms with Gasteiger partial charge in [-0.25, -0.2) is 4.98 Å². The van der Waals surface area contributed by atoms with Crippen LogP contribution in [0.1, 0.15) is 15.9 Å². The topological polar surface area (TPSA) is 106 Å². The number of H-pyrrole nitrogens is 1. The van der Waals surface area contributed by atoms with Gasteiger partial charge in [-0.15, -0.1) is 0 Å². The van der Waals surface area contributed by atoms with Gasteiger partial charge in [0, 0.05) is 32.5 Å². The first-order chi connectivity index (χ1) is 18.9. The molecule has 200 valence electrons. The number of methoxy groups -OCH3 is 3.